The Labute approximate surface area is 116 Å². The van der Waals surface area contributed by atoms with Gasteiger partial charge in [-0.3, -0.25) is 4.90 Å². The van der Waals surface area contributed by atoms with Crippen LogP contribution in [0.1, 0.15) is 38.9 Å². The van der Waals surface area contributed by atoms with Gasteiger partial charge < -0.3 is 9.67 Å². The summed E-state index contributed by atoms with van der Waals surface area (Å²) >= 11 is 0. The van der Waals surface area contributed by atoms with E-state index in [1.165, 1.54) is 6.42 Å². The van der Waals surface area contributed by atoms with Crippen molar-refractivity contribution in [2.24, 2.45) is 18.4 Å². The van der Waals surface area contributed by atoms with Crippen LogP contribution in [-0.4, -0.2) is 39.3 Å². The zero-order chi connectivity index (χ0) is 14.0. The molecule has 2 rings (SSSR count). The summed E-state index contributed by atoms with van der Waals surface area (Å²) < 4.78 is 2.05. The number of aryl methyl sites for hydroxylation is 1. The minimum absolute atomic E-state index is 0.0625. The maximum atomic E-state index is 10.5. The van der Waals surface area contributed by atoms with E-state index in [1.54, 1.807) is 0 Å². The number of rotatable bonds is 4. The lowest BCUT2D eigenvalue weighted by Crippen LogP contribution is -2.44. The van der Waals surface area contributed by atoms with Gasteiger partial charge in [-0.1, -0.05) is 20.3 Å². The SMILES string of the molecule is CN(Cc1nccn1C)CC1CCCC(C)(C)C1O. The van der Waals surface area contributed by atoms with E-state index in [1.807, 2.05) is 19.4 Å². The average molecular weight is 265 g/mol. The normalized spacial score (nSPS) is 26.8. The van der Waals surface area contributed by atoms with Crippen LogP contribution >= 0.6 is 0 Å². The zero-order valence-electron chi connectivity index (χ0n) is 12.6. The van der Waals surface area contributed by atoms with Crippen molar-refractivity contribution in [3.63, 3.8) is 0 Å². The van der Waals surface area contributed by atoms with E-state index >= 15 is 0 Å². The second kappa shape index (κ2) is 5.63. The van der Waals surface area contributed by atoms with E-state index in [0.717, 1.165) is 31.8 Å². The molecule has 0 radical (unpaired) electrons. The highest BCUT2D eigenvalue weighted by atomic mass is 16.3. The van der Waals surface area contributed by atoms with E-state index in [4.69, 9.17) is 0 Å². The lowest BCUT2D eigenvalue weighted by Gasteiger charge is -2.42. The molecule has 2 unspecified atom stereocenters. The standard InChI is InChI=1S/C15H27N3O/c1-15(2)7-5-6-12(14(15)19)10-17(3)11-13-16-8-9-18(13)4/h8-9,12,14,19H,5-7,10-11H2,1-4H3. The van der Waals surface area contributed by atoms with Gasteiger partial charge in [-0.25, -0.2) is 4.98 Å². The molecule has 1 heterocycles. The molecule has 1 aliphatic carbocycles. The number of aliphatic hydroxyl groups is 1. The first-order chi connectivity index (χ1) is 8.90. The Balaban J connectivity index is 1.91. The molecule has 0 aliphatic heterocycles. The molecule has 0 aromatic carbocycles. The van der Waals surface area contributed by atoms with Crippen LogP contribution in [0.3, 0.4) is 0 Å². The van der Waals surface area contributed by atoms with E-state index < -0.39 is 0 Å². The van der Waals surface area contributed by atoms with Gasteiger partial charge in [0, 0.05) is 26.0 Å². The molecule has 0 saturated heterocycles. The van der Waals surface area contributed by atoms with Crippen LogP contribution in [0.15, 0.2) is 12.4 Å². The van der Waals surface area contributed by atoms with Gasteiger partial charge in [0.2, 0.25) is 0 Å². The quantitative estimate of drug-likeness (QED) is 0.906. The van der Waals surface area contributed by atoms with E-state index in [9.17, 15) is 5.11 Å². The number of aromatic nitrogens is 2. The minimum Gasteiger partial charge on any atom is -0.392 e. The van der Waals surface area contributed by atoms with Crippen molar-refractivity contribution in [2.45, 2.75) is 45.8 Å². The van der Waals surface area contributed by atoms with Crippen molar-refractivity contribution in [1.29, 1.82) is 0 Å². The number of nitrogens with zero attached hydrogens (tertiary/aromatic N) is 3. The van der Waals surface area contributed by atoms with Gasteiger partial charge in [0.25, 0.3) is 0 Å². The summed E-state index contributed by atoms with van der Waals surface area (Å²) in [5.74, 6) is 1.46. The van der Waals surface area contributed by atoms with E-state index in [-0.39, 0.29) is 11.5 Å². The van der Waals surface area contributed by atoms with Crippen molar-refractivity contribution < 1.29 is 5.11 Å². The number of hydrogen-bond donors (Lipinski definition) is 1. The highest BCUT2D eigenvalue weighted by Gasteiger charge is 2.37. The Hall–Kier alpha value is -0.870. The highest BCUT2D eigenvalue weighted by molar-refractivity contribution is 4.92. The molecule has 1 aliphatic rings. The van der Waals surface area contributed by atoms with Crippen LogP contribution < -0.4 is 0 Å². The fourth-order valence-corrected chi connectivity index (χ4v) is 3.21. The summed E-state index contributed by atoms with van der Waals surface area (Å²) in [6.07, 6.45) is 7.11. The molecular weight excluding hydrogens is 238 g/mol. The van der Waals surface area contributed by atoms with Crippen molar-refractivity contribution in [3.8, 4) is 0 Å². The molecule has 1 aromatic heterocycles. The van der Waals surface area contributed by atoms with Crippen molar-refractivity contribution >= 4 is 0 Å². The smallest absolute Gasteiger partial charge is 0.122 e. The van der Waals surface area contributed by atoms with Gasteiger partial charge in [0.1, 0.15) is 5.82 Å². The van der Waals surface area contributed by atoms with Gasteiger partial charge in [0.05, 0.1) is 12.6 Å². The molecule has 0 spiro atoms. The molecule has 19 heavy (non-hydrogen) atoms. The molecule has 4 heteroatoms. The number of imidazole rings is 1. The lowest BCUT2D eigenvalue weighted by molar-refractivity contribution is -0.0416. The molecule has 1 aromatic rings. The second-order valence-corrected chi connectivity index (χ2v) is 6.74. The van der Waals surface area contributed by atoms with Gasteiger partial charge in [-0.2, -0.15) is 0 Å². The Kier molecular flexibility index (Phi) is 4.31. The molecule has 0 bridgehead atoms. The summed E-state index contributed by atoms with van der Waals surface area (Å²) in [7, 11) is 4.14. The van der Waals surface area contributed by atoms with E-state index in [0.29, 0.717) is 5.92 Å². The Bertz CT molecular complexity index is 413. The third-order valence-electron chi connectivity index (χ3n) is 4.52. The summed E-state index contributed by atoms with van der Waals surface area (Å²) in [5.41, 5.74) is 0.0625. The van der Waals surface area contributed by atoms with Crippen LogP contribution in [0.25, 0.3) is 0 Å². The first-order valence-corrected chi connectivity index (χ1v) is 7.23. The molecule has 108 valence electrons. The van der Waals surface area contributed by atoms with Crippen LogP contribution in [0.2, 0.25) is 0 Å². The predicted octanol–water partition coefficient (Wildman–Crippen LogP) is 2.04. The lowest BCUT2D eigenvalue weighted by atomic mass is 9.69. The third-order valence-corrected chi connectivity index (χ3v) is 4.52. The summed E-state index contributed by atoms with van der Waals surface area (Å²) in [5, 5.41) is 10.5. The Morgan fingerprint density at radius 2 is 2.26 bits per heavy atom. The van der Waals surface area contributed by atoms with Crippen LogP contribution in [0.5, 0.6) is 0 Å². The Morgan fingerprint density at radius 1 is 1.53 bits per heavy atom. The average Bonchev–Trinajstić information content (AvgIpc) is 2.71. The maximum absolute atomic E-state index is 10.5. The Morgan fingerprint density at radius 3 is 2.89 bits per heavy atom. The number of hydrogen-bond acceptors (Lipinski definition) is 3. The molecule has 2 atom stereocenters. The van der Waals surface area contributed by atoms with Crippen LogP contribution in [-0.2, 0) is 13.6 Å². The fourth-order valence-electron chi connectivity index (χ4n) is 3.21. The highest BCUT2D eigenvalue weighted by Crippen LogP contribution is 2.39. The summed E-state index contributed by atoms with van der Waals surface area (Å²) in [6, 6.07) is 0. The number of aliphatic hydroxyl groups excluding tert-OH is 1. The predicted molar refractivity (Wildman–Crippen MR) is 76.7 cm³/mol. The van der Waals surface area contributed by atoms with Crippen LogP contribution in [0, 0.1) is 11.3 Å². The first-order valence-electron chi connectivity index (χ1n) is 7.23. The maximum Gasteiger partial charge on any atom is 0.122 e. The van der Waals surface area contributed by atoms with Gasteiger partial charge >= 0.3 is 0 Å². The van der Waals surface area contributed by atoms with E-state index in [2.05, 4.69) is 35.3 Å². The second-order valence-electron chi connectivity index (χ2n) is 6.74. The summed E-state index contributed by atoms with van der Waals surface area (Å²) in [4.78, 5) is 6.63. The van der Waals surface area contributed by atoms with Gasteiger partial charge in [-0.15, -0.1) is 0 Å². The van der Waals surface area contributed by atoms with Gasteiger partial charge in [-0.05, 0) is 31.2 Å². The van der Waals surface area contributed by atoms with Gasteiger partial charge in [0.15, 0.2) is 0 Å². The van der Waals surface area contributed by atoms with Crippen LogP contribution in [0.4, 0.5) is 0 Å². The molecule has 1 fully saturated rings. The van der Waals surface area contributed by atoms with Crippen molar-refractivity contribution in [2.75, 3.05) is 13.6 Å². The topological polar surface area (TPSA) is 41.3 Å². The molecule has 0 amide bonds. The first kappa shape index (κ1) is 14.5. The fraction of sp³-hybridized carbons (Fsp3) is 0.800. The van der Waals surface area contributed by atoms with Crippen molar-refractivity contribution in [3.05, 3.63) is 18.2 Å². The van der Waals surface area contributed by atoms with Crippen molar-refractivity contribution in [1.82, 2.24) is 14.5 Å². The molecule has 1 N–H and O–H groups in total. The largest absolute Gasteiger partial charge is 0.392 e. The third kappa shape index (κ3) is 3.37. The minimum atomic E-state index is -0.190. The molecule has 4 nitrogen and oxygen atoms in total. The molecular formula is C15H27N3O. The zero-order valence-corrected chi connectivity index (χ0v) is 12.6. The monoisotopic (exact) mass is 265 g/mol. The molecule has 1 saturated carbocycles. The summed E-state index contributed by atoms with van der Waals surface area (Å²) in [6.45, 7) is 6.15.